The van der Waals surface area contributed by atoms with Gasteiger partial charge in [0.15, 0.2) is 4.33 Å². The van der Waals surface area contributed by atoms with Crippen LogP contribution in [0, 0.1) is 11.8 Å². The molecular weight excluding hydrogens is 467 g/mol. The monoisotopic (exact) mass is 473 g/mol. The number of carbonyl (C=O) groups is 2. The maximum absolute atomic E-state index is 13.2. The number of hydrogen-bond donors (Lipinski definition) is 0. The second kappa shape index (κ2) is 5.59. The van der Waals surface area contributed by atoms with Gasteiger partial charge < -0.3 is 4.74 Å². The third kappa shape index (κ3) is 1.82. The van der Waals surface area contributed by atoms with E-state index in [1.54, 1.807) is 24.3 Å². The van der Waals surface area contributed by atoms with Crippen LogP contribution in [-0.2, 0) is 9.59 Å². The Bertz CT molecular complexity index is 856. The Hall–Kier alpha value is -0.360. The molecule has 138 valence electrons. The van der Waals surface area contributed by atoms with Crippen molar-refractivity contribution < 1.29 is 14.3 Å². The van der Waals surface area contributed by atoms with Gasteiger partial charge in [0, 0.05) is 6.07 Å². The van der Waals surface area contributed by atoms with E-state index in [1.165, 1.54) is 7.11 Å². The summed E-state index contributed by atoms with van der Waals surface area (Å²) in [6.07, 6.45) is 0. The second-order valence-electron chi connectivity index (χ2n) is 6.29. The van der Waals surface area contributed by atoms with Gasteiger partial charge in [0.2, 0.25) is 11.8 Å². The van der Waals surface area contributed by atoms with Gasteiger partial charge in [-0.15, -0.1) is 23.2 Å². The number of methoxy groups -OCH3 is 1. The van der Waals surface area contributed by atoms with E-state index in [1.807, 2.05) is 0 Å². The highest BCUT2D eigenvalue weighted by Crippen LogP contribution is 2.77. The Kier molecular flexibility index (Phi) is 4.08. The summed E-state index contributed by atoms with van der Waals surface area (Å²) >= 11 is 38.7. The third-order valence-electron chi connectivity index (χ3n) is 5.22. The molecule has 2 fully saturated rings. The molecule has 1 aliphatic heterocycles. The Balaban J connectivity index is 1.89. The lowest BCUT2D eigenvalue weighted by Gasteiger charge is -2.34. The molecular formula is C16H9Cl6NO3. The fraction of sp³-hybridized carbons (Fsp3) is 0.375. The van der Waals surface area contributed by atoms with Gasteiger partial charge in [-0.2, -0.15) is 0 Å². The van der Waals surface area contributed by atoms with Crippen LogP contribution in [0.4, 0.5) is 5.69 Å². The average molecular weight is 476 g/mol. The zero-order valence-corrected chi connectivity index (χ0v) is 17.4. The molecule has 4 nitrogen and oxygen atoms in total. The van der Waals surface area contributed by atoms with E-state index in [0.29, 0.717) is 11.4 Å². The van der Waals surface area contributed by atoms with E-state index in [9.17, 15) is 9.59 Å². The zero-order chi connectivity index (χ0) is 19.2. The van der Waals surface area contributed by atoms with Gasteiger partial charge >= 0.3 is 0 Å². The lowest BCUT2D eigenvalue weighted by molar-refractivity contribution is -0.123. The summed E-state index contributed by atoms with van der Waals surface area (Å²) in [6, 6.07) is 6.47. The molecule has 1 saturated heterocycles. The highest BCUT2D eigenvalue weighted by atomic mass is 35.5. The van der Waals surface area contributed by atoms with E-state index in [0.717, 1.165) is 4.90 Å². The molecule has 4 rings (SSSR count). The van der Waals surface area contributed by atoms with Crippen molar-refractivity contribution in [2.75, 3.05) is 12.0 Å². The third-order valence-corrected chi connectivity index (χ3v) is 9.48. The largest absolute Gasteiger partial charge is 0.497 e. The summed E-state index contributed by atoms with van der Waals surface area (Å²) in [4.78, 5) is 23.7. The Morgan fingerprint density at radius 3 is 1.92 bits per heavy atom. The van der Waals surface area contributed by atoms with E-state index >= 15 is 0 Å². The van der Waals surface area contributed by atoms with Crippen molar-refractivity contribution in [3.05, 3.63) is 34.3 Å². The van der Waals surface area contributed by atoms with Crippen LogP contribution >= 0.6 is 69.6 Å². The number of anilines is 1. The van der Waals surface area contributed by atoms with Crippen LogP contribution in [0.3, 0.4) is 0 Å². The molecule has 3 aliphatic rings. The molecule has 0 radical (unpaired) electrons. The quantitative estimate of drug-likeness (QED) is 0.462. The van der Waals surface area contributed by atoms with Crippen LogP contribution in [0.15, 0.2) is 34.3 Å². The SMILES string of the molecule is COc1cccc(N2C(=O)[C@@H]3[C@@H](C2=O)[C@]2(Cl)C(Cl)=C(Cl)[C@]3(Cl)C2(Cl)Cl)c1. The number of benzene rings is 1. The minimum Gasteiger partial charge on any atom is -0.497 e. The lowest BCUT2D eigenvalue weighted by atomic mass is 9.84. The average Bonchev–Trinajstić information content (AvgIpc) is 2.99. The molecule has 1 aromatic carbocycles. The molecule has 0 aromatic heterocycles. The van der Waals surface area contributed by atoms with E-state index in [4.69, 9.17) is 74.3 Å². The number of ether oxygens (including phenoxy) is 1. The number of alkyl halides is 4. The molecule has 0 unspecified atom stereocenters. The number of rotatable bonds is 2. The number of hydrogen-bond acceptors (Lipinski definition) is 3. The molecule has 0 spiro atoms. The lowest BCUT2D eigenvalue weighted by Crippen LogP contribution is -2.50. The highest BCUT2D eigenvalue weighted by Gasteiger charge is 2.87. The summed E-state index contributed by atoms with van der Waals surface area (Å²) in [5, 5.41) is -0.230. The normalized spacial score (nSPS) is 37.6. The van der Waals surface area contributed by atoms with Crippen molar-refractivity contribution in [2.45, 2.75) is 14.1 Å². The number of fused-ring (bicyclic) bond motifs is 5. The molecule has 0 N–H and O–H groups in total. The van der Waals surface area contributed by atoms with E-state index in [2.05, 4.69) is 0 Å². The molecule has 10 heteroatoms. The molecule has 1 aromatic rings. The number of allylic oxidation sites excluding steroid dienone is 2. The molecule has 1 heterocycles. The summed E-state index contributed by atoms with van der Waals surface area (Å²) in [7, 11) is 1.47. The van der Waals surface area contributed by atoms with E-state index in [-0.39, 0.29) is 10.1 Å². The first kappa shape index (κ1) is 19.0. The first-order valence-electron chi connectivity index (χ1n) is 7.38. The first-order valence-corrected chi connectivity index (χ1v) is 9.65. The Morgan fingerprint density at radius 1 is 0.962 bits per heavy atom. The van der Waals surface area contributed by atoms with Crippen molar-refractivity contribution in [2.24, 2.45) is 11.8 Å². The fourth-order valence-electron chi connectivity index (χ4n) is 4.00. The minimum atomic E-state index is -1.93. The number of amides is 2. The minimum absolute atomic E-state index is 0.115. The van der Waals surface area contributed by atoms with Gasteiger partial charge in [-0.25, -0.2) is 4.90 Å². The van der Waals surface area contributed by atoms with Crippen molar-refractivity contribution in [1.82, 2.24) is 0 Å². The summed E-state index contributed by atoms with van der Waals surface area (Å²) in [5.74, 6) is -3.02. The van der Waals surface area contributed by atoms with Crippen LogP contribution in [-0.4, -0.2) is 33.0 Å². The van der Waals surface area contributed by atoms with Gasteiger partial charge in [-0.1, -0.05) is 52.5 Å². The van der Waals surface area contributed by atoms with Crippen LogP contribution in [0.25, 0.3) is 0 Å². The number of nitrogens with zero attached hydrogens (tertiary/aromatic N) is 1. The van der Waals surface area contributed by atoms with Gasteiger partial charge in [-0.3, -0.25) is 9.59 Å². The number of halogens is 6. The van der Waals surface area contributed by atoms with Crippen molar-refractivity contribution in [3.8, 4) is 5.75 Å². The van der Waals surface area contributed by atoms with Crippen molar-refractivity contribution >= 4 is 87.1 Å². The number of imide groups is 1. The summed E-state index contributed by atoms with van der Waals surface area (Å²) in [6.45, 7) is 0. The zero-order valence-electron chi connectivity index (χ0n) is 12.9. The highest BCUT2D eigenvalue weighted by molar-refractivity contribution is 6.67. The Labute approximate surface area is 178 Å². The molecule has 2 amide bonds. The predicted molar refractivity (Wildman–Crippen MR) is 103 cm³/mol. The maximum Gasteiger partial charge on any atom is 0.240 e. The molecule has 1 saturated carbocycles. The Morgan fingerprint density at radius 2 is 1.46 bits per heavy atom. The van der Waals surface area contributed by atoms with Gasteiger partial charge in [-0.05, 0) is 12.1 Å². The topological polar surface area (TPSA) is 46.6 Å². The van der Waals surface area contributed by atoms with Gasteiger partial charge in [0.25, 0.3) is 0 Å². The maximum atomic E-state index is 13.2. The number of carbonyl (C=O) groups excluding carboxylic acids is 2. The molecule has 4 atom stereocenters. The van der Waals surface area contributed by atoms with E-state index < -0.39 is 37.7 Å². The van der Waals surface area contributed by atoms with Crippen molar-refractivity contribution in [1.29, 1.82) is 0 Å². The van der Waals surface area contributed by atoms with Crippen LogP contribution in [0.2, 0.25) is 0 Å². The molecule has 2 aliphatic carbocycles. The van der Waals surface area contributed by atoms with Crippen LogP contribution in [0.5, 0.6) is 5.75 Å². The van der Waals surface area contributed by atoms with Gasteiger partial charge in [0.05, 0.1) is 34.7 Å². The van der Waals surface area contributed by atoms with Crippen molar-refractivity contribution in [3.63, 3.8) is 0 Å². The molecule has 26 heavy (non-hydrogen) atoms. The second-order valence-corrected chi connectivity index (χ2v) is 9.57. The van der Waals surface area contributed by atoms with Crippen LogP contribution < -0.4 is 9.64 Å². The predicted octanol–water partition coefficient (Wildman–Crippen LogP) is 4.65. The first-order chi connectivity index (χ1) is 12.0. The summed E-state index contributed by atoms with van der Waals surface area (Å²) in [5.41, 5.74) is 0.315. The standard InChI is InChI=1S/C16H9Cl6NO3/c1-26-7-4-2-3-6(5-7)23-12(24)8-9(13(23)25)15(20)11(18)10(17)14(8,19)16(15,21)22/h2-5,8-9H,1H3/t8-,9-,14-,15-/m0/s1. The van der Waals surface area contributed by atoms with Gasteiger partial charge in [0.1, 0.15) is 15.5 Å². The van der Waals surface area contributed by atoms with Crippen LogP contribution in [0.1, 0.15) is 0 Å². The smallest absolute Gasteiger partial charge is 0.240 e. The molecule has 2 bridgehead atoms. The fourth-order valence-corrected chi connectivity index (χ4v) is 6.93. The summed E-state index contributed by atoms with van der Waals surface area (Å²) < 4.78 is 3.21.